The summed E-state index contributed by atoms with van der Waals surface area (Å²) in [6.07, 6.45) is 4.10. The van der Waals surface area contributed by atoms with Crippen molar-refractivity contribution in [2.45, 2.75) is 90.2 Å². The fourth-order valence-corrected chi connectivity index (χ4v) is 6.79. The van der Waals surface area contributed by atoms with Gasteiger partial charge in [-0.2, -0.15) is 4.31 Å². The summed E-state index contributed by atoms with van der Waals surface area (Å²) in [5, 5.41) is 2.95. The van der Waals surface area contributed by atoms with E-state index >= 15 is 0 Å². The third kappa shape index (κ3) is 5.17. The van der Waals surface area contributed by atoms with Crippen molar-refractivity contribution in [1.82, 2.24) is 9.62 Å². The number of benzene rings is 1. The van der Waals surface area contributed by atoms with E-state index in [0.717, 1.165) is 47.9 Å². The number of sulfonamides is 1. The number of amides is 1. The summed E-state index contributed by atoms with van der Waals surface area (Å²) < 4.78 is 33.7. The third-order valence-electron chi connectivity index (χ3n) is 7.05. The van der Waals surface area contributed by atoms with Crippen molar-refractivity contribution in [2.75, 3.05) is 13.1 Å². The molecule has 1 aromatic carbocycles. The lowest BCUT2D eigenvalue weighted by molar-refractivity contribution is -0.160. The van der Waals surface area contributed by atoms with Crippen molar-refractivity contribution in [2.24, 2.45) is 5.92 Å². The van der Waals surface area contributed by atoms with Gasteiger partial charge in [-0.1, -0.05) is 18.9 Å². The topological polar surface area (TPSA) is 92.8 Å². The number of hydrogen-bond acceptors (Lipinski definition) is 5. The van der Waals surface area contributed by atoms with Crippen LogP contribution in [0.15, 0.2) is 11.0 Å². The number of carbonyl (C=O) groups excluding carboxylic acids is 2. The van der Waals surface area contributed by atoms with Gasteiger partial charge in [-0.15, -0.1) is 0 Å². The minimum Gasteiger partial charge on any atom is -0.452 e. The van der Waals surface area contributed by atoms with Crippen molar-refractivity contribution in [3.63, 3.8) is 0 Å². The fourth-order valence-electron chi connectivity index (χ4n) is 4.74. The lowest BCUT2D eigenvalue weighted by Crippen LogP contribution is -2.44. The van der Waals surface area contributed by atoms with Crippen LogP contribution >= 0.6 is 0 Å². The number of carbonyl (C=O) groups is 2. The van der Waals surface area contributed by atoms with E-state index in [0.29, 0.717) is 17.7 Å². The van der Waals surface area contributed by atoms with Gasteiger partial charge in [-0.05, 0) is 82.6 Å². The highest BCUT2D eigenvalue weighted by atomic mass is 32.2. The summed E-state index contributed by atoms with van der Waals surface area (Å²) in [4.78, 5) is 25.3. The number of esters is 1. The normalized spacial score (nSPS) is 19.7. The average molecular weight is 465 g/mol. The molecule has 1 N–H and O–H groups in total. The number of hydrogen-bond donors (Lipinski definition) is 1. The summed E-state index contributed by atoms with van der Waals surface area (Å²) in [5.74, 6) is -1.08. The molecule has 178 valence electrons. The molecule has 1 aromatic rings. The third-order valence-corrected chi connectivity index (χ3v) is 9.22. The van der Waals surface area contributed by atoms with Crippen molar-refractivity contribution < 1.29 is 22.7 Å². The van der Waals surface area contributed by atoms with Crippen molar-refractivity contribution in [3.05, 3.63) is 28.3 Å². The molecule has 0 radical (unpaired) electrons. The minimum absolute atomic E-state index is 0.175. The largest absolute Gasteiger partial charge is 0.452 e. The number of nitrogens with one attached hydrogen (secondary N) is 1. The van der Waals surface area contributed by atoms with E-state index in [-0.39, 0.29) is 25.0 Å². The molecule has 1 heterocycles. The Morgan fingerprint density at radius 2 is 1.53 bits per heavy atom. The molecule has 0 aromatic heterocycles. The van der Waals surface area contributed by atoms with Crippen LogP contribution in [0.1, 0.15) is 67.7 Å². The zero-order valence-electron chi connectivity index (χ0n) is 19.9. The number of ether oxygens (including phenoxy) is 1. The summed E-state index contributed by atoms with van der Waals surface area (Å²) in [6, 6.07) is 2.19. The predicted molar refractivity (Wildman–Crippen MR) is 123 cm³/mol. The molecule has 32 heavy (non-hydrogen) atoms. The van der Waals surface area contributed by atoms with Crippen LogP contribution in [0, 0.1) is 33.6 Å². The molecular formula is C24H36N2O5S. The number of piperidine rings is 1. The van der Waals surface area contributed by atoms with Crippen molar-refractivity contribution in [1.29, 1.82) is 0 Å². The standard InChI is InChI=1S/C24H36N2O5S/c1-15-14-16(2)18(4)22(17(15)3)32(29,30)26-12-10-20(11-13-26)24(28)31-19(5)23(27)25-21-8-6-7-9-21/h14,19-21H,6-13H2,1-5H3,(H,25,27). The van der Waals surface area contributed by atoms with Crippen LogP contribution in [0.4, 0.5) is 0 Å². The zero-order valence-corrected chi connectivity index (χ0v) is 20.7. The molecule has 1 aliphatic heterocycles. The molecule has 7 nitrogen and oxygen atoms in total. The van der Waals surface area contributed by atoms with Gasteiger partial charge >= 0.3 is 5.97 Å². The predicted octanol–water partition coefficient (Wildman–Crippen LogP) is 3.31. The highest BCUT2D eigenvalue weighted by Gasteiger charge is 2.35. The fraction of sp³-hybridized carbons (Fsp3) is 0.667. The lowest BCUT2D eigenvalue weighted by atomic mass is 9.98. The molecule has 3 rings (SSSR count). The molecule has 0 spiro atoms. The van der Waals surface area contributed by atoms with Crippen molar-refractivity contribution in [3.8, 4) is 0 Å². The molecule has 1 atom stereocenters. The second-order valence-electron chi connectivity index (χ2n) is 9.34. The van der Waals surface area contributed by atoms with Crippen LogP contribution in [0.3, 0.4) is 0 Å². The Morgan fingerprint density at radius 3 is 2.06 bits per heavy atom. The summed E-state index contributed by atoms with van der Waals surface area (Å²) in [5.41, 5.74) is 3.46. The highest BCUT2D eigenvalue weighted by molar-refractivity contribution is 7.89. The quantitative estimate of drug-likeness (QED) is 0.652. The van der Waals surface area contributed by atoms with E-state index in [1.165, 1.54) is 4.31 Å². The Hall–Kier alpha value is -1.93. The van der Waals surface area contributed by atoms with Crippen LogP contribution in [0.2, 0.25) is 0 Å². The monoisotopic (exact) mass is 464 g/mol. The van der Waals surface area contributed by atoms with Crippen LogP contribution in [0.25, 0.3) is 0 Å². The molecule has 1 amide bonds. The van der Waals surface area contributed by atoms with Crippen LogP contribution in [-0.2, 0) is 24.3 Å². The number of aryl methyl sites for hydroxylation is 2. The highest BCUT2D eigenvalue weighted by Crippen LogP contribution is 2.31. The number of nitrogens with zero attached hydrogens (tertiary/aromatic N) is 1. The molecule has 1 saturated heterocycles. The first-order chi connectivity index (χ1) is 15.0. The average Bonchev–Trinajstić information content (AvgIpc) is 3.25. The molecule has 1 aliphatic carbocycles. The minimum atomic E-state index is -3.65. The van der Waals surface area contributed by atoms with Crippen LogP contribution < -0.4 is 5.32 Å². The molecule has 1 saturated carbocycles. The molecule has 8 heteroatoms. The van der Waals surface area contributed by atoms with E-state index < -0.39 is 28.0 Å². The lowest BCUT2D eigenvalue weighted by Gasteiger charge is -2.32. The maximum absolute atomic E-state index is 13.4. The number of rotatable bonds is 6. The van der Waals surface area contributed by atoms with Gasteiger partial charge in [0.15, 0.2) is 6.10 Å². The molecule has 2 fully saturated rings. The van der Waals surface area contributed by atoms with Gasteiger partial charge in [0.05, 0.1) is 10.8 Å². The molecule has 0 bridgehead atoms. The first-order valence-corrected chi connectivity index (χ1v) is 13.0. The molecule has 1 unspecified atom stereocenters. The van der Waals surface area contributed by atoms with E-state index in [1.54, 1.807) is 6.92 Å². The van der Waals surface area contributed by atoms with Gasteiger partial charge in [-0.25, -0.2) is 8.42 Å². The van der Waals surface area contributed by atoms with Gasteiger partial charge in [0.25, 0.3) is 5.91 Å². The Morgan fingerprint density at radius 1 is 1.00 bits per heavy atom. The maximum Gasteiger partial charge on any atom is 0.309 e. The van der Waals surface area contributed by atoms with E-state index in [4.69, 9.17) is 4.74 Å². The Labute approximate surface area is 191 Å². The van der Waals surface area contributed by atoms with Crippen LogP contribution in [0.5, 0.6) is 0 Å². The Bertz CT molecular complexity index is 948. The van der Waals surface area contributed by atoms with Gasteiger partial charge in [0, 0.05) is 19.1 Å². The Kier molecular flexibility index (Phi) is 7.65. The second-order valence-corrected chi connectivity index (χ2v) is 11.2. The zero-order chi connectivity index (χ0) is 23.6. The second kappa shape index (κ2) is 9.91. The van der Waals surface area contributed by atoms with Gasteiger partial charge in [0.2, 0.25) is 10.0 Å². The first-order valence-electron chi connectivity index (χ1n) is 11.6. The van der Waals surface area contributed by atoms with Crippen molar-refractivity contribution >= 4 is 21.9 Å². The summed E-state index contributed by atoms with van der Waals surface area (Å²) in [7, 11) is -3.65. The molecule has 2 aliphatic rings. The van der Waals surface area contributed by atoms with E-state index in [2.05, 4.69) is 5.32 Å². The molecular weight excluding hydrogens is 428 g/mol. The van der Waals surface area contributed by atoms with Gasteiger partial charge < -0.3 is 10.1 Å². The van der Waals surface area contributed by atoms with E-state index in [9.17, 15) is 18.0 Å². The smallest absolute Gasteiger partial charge is 0.309 e. The summed E-state index contributed by atoms with van der Waals surface area (Å²) in [6.45, 7) is 9.65. The van der Waals surface area contributed by atoms with E-state index in [1.807, 2.05) is 33.8 Å². The SMILES string of the molecule is Cc1cc(C)c(C)c(S(=O)(=O)N2CCC(C(=O)OC(C)C(=O)NC3CCCC3)CC2)c1C. The summed E-state index contributed by atoms with van der Waals surface area (Å²) >= 11 is 0. The maximum atomic E-state index is 13.4. The van der Waals surface area contributed by atoms with Gasteiger partial charge in [-0.3, -0.25) is 9.59 Å². The van der Waals surface area contributed by atoms with Crippen LogP contribution in [-0.4, -0.2) is 49.8 Å². The Balaban J connectivity index is 1.60. The van der Waals surface area contributed by atoms with Gasteiger partial charge in [0.1, 0.15) is 0 Å². The first kappa shape index (κ1) is 24.7.